The zero-order chi connectivity index (χ0) is 12.6. The summed E-state index contributed by atoms with van der Waals surface area (Å²) in [4.78, 5) is 16.9. The highest BCUT2D eigenvalue weighted by Crippen LogP contribution is 2.19. The van der Waals surface area contributed by atoms with E-state index in [0.717, 1.165) is 12.1 Å². The fourth-order valence-electron chi connectivity index (χ4n) is 1.55. The predicted octanol–water partition coefficient (Wildman–Crippen LogP) is 2.21. The number of aromatic nitrogens is 1. The molecule has 3 nitrogen and oxygen atoms in total. The average Bonchev–Trinajstić information content (AvgIpc) is 2.26. The third kappa shape index (κ3) is 2.08. The van der Waals surface area contributed by atoms with E-state index < -0.39 is 11.6 Å². The van der Waals surface area contributed by atoms with Gasteiger partial charge < -0.3 is 4.90 Å². The second-order valence-corrected chi connectivity index (χ2v) is 3.88. The Morgan fingerprint density at radius 3 is 2.59 bits per heavy atom. The molecule has 0 aliphatic carbocycles. The van der Waals surface area contributed by atoms with Crippen molar-refractivity contribution in [1.82, 2.24) is 9.88 Å². The molecule has 0 aliphatic heterocycles. The van der Waals surface area contributed by atoms with Crippen molar-refractivity contribution in [1.29, 1.82) is 0 Å². The Bertz CT molecular complexity index is 596. The summed E-state index contributed by atoms with van der Waals surface area (Å²) in [6, 6.07) is 3.34. The maximum atomic E-state index is 13.3. The van der Waals surface area contributed by atoms with Gasteiger partial charge in [-0.3, -0.25) is 9.78 Å². The number of nitrogens with zero attached hydrogens (tertiary/aromatic N) is 2. The second kappa shape index (κ2) is 4.08. The number of hydrogen-bond acceptors (Lipinski definition) is 2. The Labute approximate surface area is 96.7 Å². The molecule has 0 atom stereocenters. The summed E-state index contributed by atoms with van der Waals surface area (Å²) >= 11 is 0. The van der Waals surface area contributed by atoms with Gasteiger partial charge in [-0.25, -0.2) is 8.78 Å². The highest BCUT2D eigenvalue weighted by molar-refractivity contribution is 5.97. The van der Waals surface area contributed by atoms with Crippen LogP contribution in [0, 0.1) is 11.6 Å². The molecule has 5 heteroatoms. The van der Waals surface area contributed by atoms with Crippen LogP contribution in [-0.4, -0.2) is 29.9 Å². The Kier molecular flexibility index (Phi) is 2.75. The highest BCUT2D eigenvalue weighted by Gasteiger charge is 2.11. The molecule has 2 rings (SSSR count). The van der Waals surface area contributed by atoms with Gasteiger partial charge in [0, 0.05) is 31.7 Å². The van der Waals surface area contributed by atoms with Crippen LogP contribution in [-0.2, 0) is 0 Å². The lowest BCUT2D eigenvalue weighted by molar-refractivity contribution is 0.0827. The Balaban J connectivity index is 2.62. The van der Waals surface area contributed by atoms with E-state index in [1.54, 1.807) is 14.1 Å². The highest BCUT2D eigenvalue weighted by atomic mass is 19.1. The fraction of sp³-hybridized carbons (Fsp3) is 0.167. The van der Waals surface area contributed by atoms with Crippen LogP contribution in [0.5, 0.6) is 0 Å². The SMILES string of the molecule is CN(C)C(=O)c1cnc2c(F)cc(F)cc2c1. The van der Waals surface area contributed by atoms with Gasteiger partial charge in [-0.15, -0.1) is 0 Å². The Hall–Kier alpha value is -2.04. The molecule has 1 heterocycles. The number of halogens is 2. The first-order valence-electron chi connectivity index (χ1n) is 4.95. The molecule has 0 N–H and O–H groups in total. The van der Waals surface area contributed by atoms with Crippen molar-refractivity contribution in [3.05, 3.63) is 41.6 Å². The smallest absolute Gasteiger partial charge is 0.254 e. The molecule has 1 aromatic carbocycles. The zero-order valence-corrected chi connectivity index (χ0v) is 9.37. The minimum Gasteiger partial charge on any atom is -0.345 e. The molecule has 1 aromatic heterocycles. The number of fused-ring (bicyclic) bond motifs is 1. The molecule has 0 aliphatic rings. The third-order valence-corrected chi connectivity index (χ3v) is 2.35. The van der Waals surface area contributed by atoms with Gasteiger partial charge in [0.2, 0.25) is 0 Å². The number of carbonyl (C=O) groups is 1. The first kappa shape index (κ1) is 11.4. The van der Waals surface area contributed by atoms with Gasteiger partial charge in [0.1, 0.15) is 11.3 Å². The maximum absolute atomic E-state index is 13.3. The van der Waals surface area contributed by atoms with Crippen molar-refractivity contribution in [3.8, 4) is 0 Å². The van der Waals surface area contributed by atoms with Crippen LogP contribution in [0.3, 0.4) is 0 Å². The van der Waals surface area contributed by atoms with Gasteiger partial charge in [-0.1, -0.05) is 0 Å². The molecule has 88 valence electrons. The van der Waals surface area contributed by atoms with Crippen molar-refractivity contribution in [2.24, 2.45) is 0 Å². The summed E-state index contributed by atoms with van der Waals surface area (Å²) in [6.45, 7) is 0. The minimum atomic E-state index is -0.733. The molecule has 0 fully saturated rings. The zero-order valence-electron chi connectivity index (χ0n) is 9.37. The predicted molar refractivity (Wildman–Crippen MR) is 59.7 cm³/mol. The lowest BCUT2D eigenvalue weighted by Crippen LogP contribution is -2.21. The average molecular weight is 236 g/mol. The van der Waals surface area contributed by atoms with Gasteiger partial charge in [-0.2, -0.15) is 0 Å². The van der Waals surface area contributed by atoms with Gasteiger partial charge in [-0.05, 0) is 12.1 Å². The first-order valence-corrected chi connectivity index (χ1v) is 4.95. The summed E-state index contributed by atoms with van der Waals surface area (Å²) < 4.78 is 26.4. The number of amides is 1. The lowest BCUT2D eigenvalue weighted by atomic mass is 10.1. The second-order valence-electron chi connectivity index (χ2n) is 3.88. The van der Waals surface area contributed by atoms with Crippen LogP contribution in [0.4, 0.5) is 8.78 Å². The van der Waals surface area contributed by atoms with Crippen LogP contribution < -0.4 is 0 Å². The summed E-state index contributed by atoms with van der Waals surface area (Å²) in [5.74, 6) is -1.68. The van der Waals surface area contributed by atoms with E-state index in [4.69, 9.17) is 0 Å². The van der Waals surface area contributed by atoms with Crippen LogP contribution in [0.2, 0.25) is 0 Å². The van der Waals surface area contributed by atoms with E-state index in [-0.39, 0.29) is 16.8 Å². The number of benzene rings is 1. The normalized spacial score (nSPS) is 10.6. The number of carbonyl (C=O) groups excluding carboxylic acids is 1. The fourth-order valence-corrected chi connectivity index (χ4v) is 1.55. The number of hydrogen-bond donors (Lipinski definition) is 0. The monoisotopic (exact) mass is 236 g/mol. The lowest BCUT2D eigenvalue weighted by Gasteiger charge is -2.10. The van der Waals surface area contributed by atoms with Gasteiger partial charge >= 0.3 is 0 Å². The summed E-state index contributed by atoms with van der Waals surface area (Å²) in [6.07, 6.45) is 1.28. The van der Waals surface area contributed by atoms with E-state index in [2.05, 4.69) is 4.98 Å². The summed E-state index contributed by atoms with van der Waals surface area (Å²) in [5.41, 5.74) is 0.356. The summed E-state index contributed by atoms with van der Waals surface area (Å²) in [5, 5.41) is 0.273. The third-order valence-electron chi connectivity index (χ3n) is 2.35. The van der Waals surface area contributed by atoms with Crippen molar-refractivity contribution in [3.63, 3.8) is 0 Å². The van der Waals surface area contributed by atoms with Crippen molar-refractivity contribution in [2.45, 2.75) is 0 Å². The molecule has 1 amide bonds. The van der Waals surface area contributed by atoms with E-state index >= 15 is 0 Å². The molecule has 0 bridgehead atoms. The molecule has 0 saturated carbocycles. The van der Waals surface area contributed by atoms with Crippen LogP contribution >= 0.6 is 0 Å². The molecule has 2 aromatic rings. The standard InChI is InChI=1S/C12H10F2N2O/c1-16(2)12(17)8-3-7-4-9(13)5-10(14)11(7)15-6-8/h3-6H,1-2H3. The first-order chi connectivity index (χ1) is 7.99. The number of pyridine rings is 1. The number of rotatable bonds is 1. The largest absolute Gasteiger partial charge is 0.345 e. The van der Waals surface area contributed by atoms with Gasteiger partial charge in [0.25, 0.3) is 5.91 Å². The van der Waals surface area contributed by atoms with Gasteiger partial charge in [0.15, 0.2) is 5.82 Å². The maximum Gasteiger partial charge on any atom is 0.254 e. The molecule has 0 unspecified atom stereocenters. The van der Waals surface area contributed by atoms with E-state index in [9.17, 15) is 13.6 Å². The van der Waals surface area contributed by atoms with E-state index in [0.29, 0.717) is 5.56 Å². The molecular formula is C12H10F2N2O. The van der Waals surface area contributed by atoms with Crippen molar-refractivity contribution < 1.29 is 13.6 Å². The van der Waals surface area contributed by atoms with Crippen LogP contribution in [0.25, 0.3) is 10.9 Å². The van der Waals surface area contributed by atoms with Crippen molar-refractivity contribution >= 4 is 16.8 Å². The van der Waals surface area contributed by atoms with E-state index in [1.165, 1.54) is 17.2 Å². The quantitative estimate of drug-likeness (QED) is 0.760. The van der Waals surface area contributed by atoms with Crippen LogP contribution in [0.1, 0.15) is 10.4 Å². The van der Waals surface area contributed by atoms with Crippen molar-refractivity contribution in [2.75, 3.05) is 14.1 Å². The Morgan fingerprint density at radius 1 is 1.24 bits per heavy atom. The van der Waals surface area contributed by atoms with Gasteiger partial charge in [0.05, 0.1) is 5.56 Å². The Morgan fingerprint density at radius 2 is 1.94 bits per heavy atom. The minimum absolute atomic E-state index is 0.0571. The topological polar surface area (TPSA) is 33.2 Å². The molecule has 0 radical (unpaired) electrons. The van der Waals surface area contributed by atoms with E-state index in [1.807, 2.05) is 0 Å². The molecular weight excluding hydrogens is 226 g/mol. The summed E-state index contributed by atoms with van der Waals surface area (Å²) in [7, 11) is 3.19. The molecule has 17 heavy (non-hydrogen) atoms. The van der Waals surface area contributed by atoms with Crippen LogP contribution in [0.15, 0.2) is 24.4 Å². The molecule has 0 saturated heterocycles. The molecule has 0 spiro atoms.